The molecule has 2 aromatic rings. The summed E-state index contributed by atoms with van der Waals surface area (Å²) in [6.45, 7) is -0.156. The molecule has 0 fully saturated rings. The van der Waals surface area contributed by atoms with Crippen molar-refractivity contribution < 1.29 is 23.1 Å². The first kappa shape index (κ1) is 14.7. The largest absolute Gasteiger partial charge is 0.458 e. The molecule has 106 valence electrons. The van der Waals surface area contributed by atoms with Crippen LogP contribution in [0.1, 0.15) is 22.2 Å². The van der Waals surface area contributed by atoms with Gasteiger partial charge in [-0.1, -0.05) is 6.07 Å². The van der Waals surface area contributed by atoms with Crippen LogP contribution in [0.4, 0.5) is 8.78 Å². The molecule has 0 bridgehead atoms. The van der Waals surface area contributed by atoms with E-state index < -0.39 is 23.6 Å². The monoisotopic (exact) mass is 345 g/mol. The number of hydrogen-bond donors (Lipinski definition) is 2. The van der Waals surface area contributed by atoms with Crippen LogP contribution < -0.4 is 5.32 Å². The molecule has 0 unspecified atom stereocenters. The standard InChI is InChI=1S/C13H10BrF2NO3/c14-8-3-4-20-12(8)13(19)17-6-11(18)7-1-2-9(15)10(16)5-7/h1-5,11,18H,6H2,(H,17,19)/t11-/m1/s1. The Morgan fingerprint density at radius 1 is 1.35 bits per heavy atom. The Balaban J connectivity index is 1.98. The van der Waals surface area contributed by atoms with Crippen molar-refractivity contribution in [3.05, 3.63) is 58.0 Å². The lowest BCUT2D eigenvalue weighted by Gasteiger charge is -2.12. The van der Waals surface area contributed by atoms with Crippen molar-refractivity contribution in [3.63, 3.8) is 0 Å². The molecule has 0 aliphatic rings. The Morgan fingerprint density at radius 2 is 2.10 bits per heavy atom. The molecule has 0 aliphatic carbocycles. The normalized spacial score (nSPS) is 12.2. The maximum Gasteiger partial charge on any atom is 0.288 e. The number of amides is 1. The predicted octanol–water partition coefficient (Wildman–Crippen LogP) is 2.78. The summed E-state index contributed by atoms with van der Waals surface area (Å²) in [5.41, 5.74) is 0.169. The second kappa shape index (κ2) is 6.15. The van der Waals surface area contributed by atoms with Crippen molar-refractivity contribution in [3.8, 4) is 0 Å². The van der Waals surface area contributed by atoms with Crippen LogP contribution in [-0.4, -0.2) is 17.6 Å². The summed E-state index contributed by atoms with van der Waals surface area (Å²) in [6, 6.07) is 4.60. The highest BCUT2D eigenvalue weighted by Gasteiger charge is 2.16. The summed E-state index contributed by atoms with van der Waals surface area (Å²) in [7, 11) is 0. The first-order valence-corrected chi connectivity index (χ1v) is 6.42. The lowest BCUT2D eigenvalue weighted by Crippen LogP contribution is -2.28. The lowest BCUT2D eigenvalue weighted by atomic mass is 10.1. The van der Waals surface area contributed by atoms with Gasteiger partial charge in [0.25, 0.3) is 5.91 Å². The molecule has 1 aromatic heterocycles. The van der Waals surface area contributed by atoms with Crippen LogP contribution in [0.5, 0.6) is 0 Å². The van der Waals surface area contributed by atoms with Gasteiger partial charge in [-0.05, 0) is 39.7 Å². The highest BCUT2D eigenvalue weighted by molar-refractivity contribution is 9.10. The van der Waals surface area contributed by atoms with Crippen molar-refractivity contribution in [2.24, 2.45) is 0 Å². The molecule has 0 radical (unpaired) electrons. The van der Waals surface area contributed by atoms with Gasteiger partial charge in [0.15, 0.2) is 11.6 Å². The van der Waals surface area contributed by atoms with Gasteiger partial charge in [0.05, 0.1) is 16.8 Å². The van der Waals surface area contributed by atoms with Crippen molar-refractivity contribution in [1.82, 2.24) is 5.32 Å². The Hall–Kier alpha value is -1.73. The number of aliphatic hydroxyl groups excluding tert-OH is 1. The van der Waals surface area contributed by atoms with Crippen molar-refractivity contribution in [1.29, 1.82) is 0 Å². The number of furan rings is 1. The molecule has 1 aromatic carbocycles. The highest BCUT2D eigenvalue weighted by Crippen LogP contribution is 2.18. The summed E-state index contributed by atoms with van der Waals surface area (Å²) in [5, 5.41) is 12.2. The second-order valence-corrected chi connectivity index (χ2v) is 4.85. The summed E-state index contributed by atoms with van der Waals surface area (Å²) >= 11 is 3.13. The number of hydrogen-bond acceptors (Lipinski definition) is 3. The SMILES string of the molecule is O=C(NC[C@@H](O)c1ccc(F)c(F)c1)c1occc1Br. The van der Waals surface area contributed by atoms with Gasteiger partial charge in [-0.2, -0.15) is 0 Å². The zero-order valence-electron chi connectivity index (χ0n) is 10.1. The fourth-order valence-electron chi connectivity index (χ4n) is 1.56. The molecule has 0 saturated carbocycles. The fraction of sp³-hybridized carbons (Fsp3) is 0.154. The Labute approximate surface area is 121 Å². The fourth-order valence-corrected chi connectivity index (χ4v) is 1.94. The van der Waals surface area contributed by atoms with Crippen LogP contribution >= 0.6 is 15.9 Å². The van der Waals surface area contributed by atoms with Crippen molar-refractivity contribution in [2.75, 3.05) is 6.54 Å². The molecule has 2 rings (SSSR count). The highest BCUT2D eigenvalue weighted by atomic mass is 79.9. The van der Waals surface area contributed by atoms with Gasteiger partial charge in [-0.3, -0.25) is 4.79 Å². The molecule has 1 atom stereocenters. The van der Waals surface area contributed by atoms with Crippen LogP contribution in [0, 0.1) is 11.6 Å². The number of aliphatic hydroxyl groups is 1. The van der Waals surface area contributed by atoms with E-state index >= 15 is 0 Å². The van der Waals surface area contributed by atoms with E-state index in [1.165, 1.54) is 12.3 Å². The smallest absolute Gasteiger partial charge is 0.288 e. The summed E-state index contributed by atoms with van der Waals surface area (Å²) in [5.74, 6) is -2.50. The van der Waals surface area contributed by atoms with Crippen molar-refractivity contribution >= 4 is 21.8 Å². The molecule has 7 heteroatoms. The molecule has 0 spiro atoms. The third-order valence-electron chi connectivity index (χ3n) is 2.61. The van der Waals surface area contributed by atoms with Gasteiger partial charge in [0.2, 0.25) is 5.76 Å². The summed E-state index contributed by atoms with van der Waals surface area (Å²) < 4.78 is 31.2. The maximum absolute atomic E-state index is 13.0. The number of nitrogens with one attached hydrogen (secondary N) is 1. The molecule has 0 aliphatic heterocycles. The van der Waals surface area contributed by atoms with E-state index in [0.717, 1.165) is 12.1 Å². The van der Waals surface area contributed by atoms with Crippen molar-refractivity contribution in [2.45, 2.75) is 6.10 Å². The van der Waals surface area contributed by atoms with Gasteiger partial charge < -0.3 is 14.8 Å². The van der Waals surface area contributed by atoms with Gasteiger partial charge in [0.1, 0.15) is 0 Å². The third-order valence-corrected chi connectivity index (χ3v) is 3.23. The molecule has 0 saturated heterocycles. The first-order valence-electron chi connectivity index (χ1n) is 5.63. The van der Waals surface area contributed by atoms with Crippen LogP contribution in [-0.2, 0) is 0 Å². The summed E-state index contributed by atoms with van der Waals surface area (Å²) in [6.07, 6.45) is 0.188. The van der Waals surface area contributed by atoms with E-state index in [0.29, 0.717) is 4.47 Å². The number of carbonyl (C=O) groups excluding carboxylic acids is 1. The second-order valence-electron chi connectivity index (χ2n) is 4.00. The molecule has 1 amide bonds. The number of rotatable bonds is 4. The van der Waals surface area contributed by atoms with E-state index in [4.69, 9.17) is 4.42 Å². The minimum Gasteiger partial charge on any atom is -0.458 e. The molecule has 1 heterocycles. The van der Waals surface area contributed by atoms with E-state index in [2.05, 4.69) is 21.2 Å². The topological polar surface area (TPSA) is 62.5 Å². The van der Waals surface area contributed by atoms with Crippen LogP contribution in [0.25, 0.3) is 0 Å². The van der Waals surface area contributed by atoms with Gasteiger partial charge in [-0.15, -0.1) is 0 Å². The summed E-state index contributed by atoms with van der Waals surface area (Å²) in [4.78, 5) is 11.7. The molecular formula is C13H10BrF2NO3. The number of carbonyl (C=O) groups is 1. The lowest BCUT2D eigenvalue weighted by molar-refractivity contribution is 0.0888. The average molecular weight is 346 g/mol. The Morgan fingerprint density at radius 3 is 2.70 bits per heavy atom. The molecule has 20 heavy (non-hydrogen) atoms. The van der Waals surface area contributed by atoms with E-state index in [-0.39, 0.29) is 17.9 Å². The zero-order valence-corrected chi connectivity index (χ0v) is 11.7. The minimum atomic E-state index is -1.15. The quantitative estimate of drug-likeness (QED) is 0.895. The van der Waals surface area contributed by atoms with Gasteiger partial charge >= 0.3 is 0 Å². The van der Waals surface area contributed by atoms with Crippen LogP contribution in [0.2, 0.25) is 0 Å². The Bertz CT molecular complexity index is 630. The number of benzene rings is 1. The minimum absolute atomic E-state index is 0.0717. The first-order chi connectivity index (χ1) is 9.49. The average Bonchev–Trinajstić information content (AvgIpc) is 2.85. The Kier molecular flexibility index (Phi) is 4.51. The van der Waals surface area contributed by atoms with Gasteiger partial charge in [0, 0.05) is 6.54 Å². The van der Waals surface area contributed by atoms with E-state index in [1.807, 2.05) is 0 Å². The van der Waals surface area contributed by atoms with Crippen LogP contribution in [0.15, 0.2) is 39.4 Å². The maximum atomic E-state index is 13.0. The zero-order chi connectivity index (χ0) is 14.7. The number of halogens is 3. The van der Waals surface area contributed by atoms with E-state index in [9.17, 15) is 18.7 Å². The molecular weight excluding hydrogens is 336 g/mol. The molecule has 2 N–H and O–H groups in total. The third kappa shape index (κ3) is 3.23. The predicted molar refractivity (Wildman–Crippen MR) is 70.1 cm³/mol. The van der Waals surface area contributed by atoms with E-state index in [1.54, 1.807) is 6.07 Å². The van der Waals surface area contributed by atoms with Crippen LogP contribution in [0.3, 0.4) is 0 Å². The van der Waals surface area contributed by atoms with Gasteiger partial charge in [-0.25, -0.2) is 8.78 Å². The molecule has 4 nitrogen and oxygen atoms in total.